The number of aromatic nitrogens is 1. The summed E-state index contributed by atoms with van der Waals surface area (Å²) in [5.41, 5.74) is 0.679. The predicted molar refractivity (Wildman–Crippen MR) is 72.9 cm³/mol. The van der Waals surface area contributed by atoms with Crippen LogP contribution in [0.4, 0.5) is 13.2 Å². The van der Waals surface area contributed by atoms with E-state index < -0.39 is 30.6 Å². The van der Waals surface area contributed by atoms with E-state index >= 15 is 0 Å². The molecule has 1 atom stereocenters. The lowest BCUT2D eigenvalue weighted by atomic mass is 9.94. The van der Waals surface area contributed by atoms with E-state index in [1.54, 1.807) is 38.1 Å². The quantitative estimate of drug-likeness (QED) is 0.861. The molecule has 0 saturated carbocycles. The van der Waals surface area contributed by atoms with Gasteiger partial charge >= 0.3 is 12.1 Å². The molecule has 3 nitrogen and oxygen atoms in total. The molecule has 1 unspecified atom stereocenters. The molecule has 114 valence electrons. The number of hydrogen-bond donors (Lipinski definition) is 1. The highest BCUT2D eigenvalue weighted by atomic mass is 19.4. The first-order valence-corrected chi connectivity index (χ1v) is 6.61. The summed E-state index contributed by atoms with van der Waals surface area (Å²) < 4.78 is 44.7. The van der Waals surface area contributed by atoms with Gasteiger partial charge in [-0.3, -0.25) is 4.79 Å². The molecule has 0 aliphatic heterocycles. The van der Waals surface area contributed by atoms with Crippen molar-refractivity contribution in [2.75, 3.05) is 0 Å². The first-order valence-electron chi connectivity index (χ1n) is 6.61. The van der Waals surface area contributed by atoms with Gasteiger partial charge in [-0.1, -0.05) is 18.2 Å². The number of ether oxygens (including phenoxy) is 1. The normalized spacial score (nSPS) is 13.6. The smallest absolute Gasteiger partial charge is 0.396 e. The first-order chi connectivity index (χ1) is 9.79. The third-order valence-corrected chi connectivity index (χ3v) is 3.13. The van der Waals surface area contributed by atoms with Crippen LogP contribution in [0.3, 0.4) is 0 Å². The van der Waals surface area contributed by atoms with E-state index in [2.05, 4.69) is 4.98 Å². The number of aromatic amines is 1. The Kier molecular flexibility index (Phi) is 4.25. The zero-order chi connectivity index (χ0) is 15.6. The minimum absolute atomic E-state index is 0.0683. The zero-order valence-electron chi connectivity index (χ0n) is 11.7. The zero-order valence-corrected chi connectivity index (χ0v) is 11.7. The fourth-order valence-corrected chi connectivity index (χ4v) is 2.26. The van der Waals surface area contributed by atoms with Gasteiger partial charge < -0.3 is 9.72 Å². The van der Waals surface area contributed by atoms with Gasteiger partial charge in [0.2, 0.25) is 0 Å². The summed E-state index contributed by atoms with van der Waals surface area (Å²) in [6.45, 7) is 3.21. The molecule has 0 saturated heterocycles. The van der Waals surface area contributed by atoms with Crippen LogP contribution in [0.5, 0.6) is 0 Å². The highest BCUT2D eigenvalue weighted by Crippen LogP contribution is 2.40. The van der Waals surface area contributed by atoms with Crippen LogP contribution in [-0.2, 0) is 9.53 Å². The average Bonchev–Trinajstić information content (AvgIpc) is 2.77. The van der Waals surface area contributed by atoms with Crippen molar-refractivity contribution in [3.05, 3.63) is 36.0 Å². The van der Waals surface area contributed by atoms with E-state index in [1.807, 2.05) is 0 Å². The third-order valence-electron chi connectivity index (χ3n) is 3.13. The molecule has 21 heavy (non-hydrogen) atoms. The number of H-pyrrole nitrogens is 1. The topological polar surface area (TPSA) is 42.1 Å². The predicted octanol–water partition coefficient (Wildman–Crippen LogP) is 4.16. The maximum atomic E-state index is 13.3. The van der Waals surface area contributed by atoms with Crippen LogP contribution in [0.1, 0.15) is 31.7 Å². The van der Waals surface area contributed by atoms with Crippen LogP contribution >= 0.6 is 0 Å². The Bertz CT molecular complexity index is 631. The number of benzene rings is 1. The summed E-state index contributed by atoms with van der Waals surface area (Å²) in [6, 6.07) is 6.70. The Morgan fingerprint density at radius 1 is 1.29 bits per heavy atom. The van der Waals surface area contributed by atoms with Gasteiger partial charge in [0.25, 0.3) is 0 Å². The number of nitrogens with one attached hydrogen (secondary N) is 1. The summed E-state index contributed by atoms with van der Waals surface area (Å²) in [4.78, 5) is 14.4. The second kappa shape index (κ2) is 5.79. The molecule has 0 amide bonds. The molecule has 2 aromatic rings. The van der Waals surface area contributed by atoms with Gasteiger partial charge in [0.1, 0.15) is 0 Å². The molecule has 0 bridgehead atoms. The Hall–Kier alpha value is -1.98. The molecule has 0 fully saturated rings. The molecule has 2 rings (SSSR count). The van der Waals surface area contributed by atoms with Crippen molar-refractivity contribution in [2.45, 2.75) is 38.5 Å². The largest absolute Gasteiger partial charge is 0.463 e. The van der Waals surface area contributed by atoms with Crippen molar-refractivity contribution in [3.8, 4) is 0 Å². The van der Waals surface area contributed by atoms with Gasteiger partial charge in [0, 0.05) is 17.1 Å². The van der Waals surface area contributed by atoms with Crippen molar-refractivity contribution < 1.29 is 22.7 Å². The maximum Gasteiger partial charge on any atom is 0.396 e. The third kappa shape index (κ3) is 3.56. The number of rotatable bonds is 4. The van der Waals surface area contributed by atoms with Gasteiger partial charge in [0.05, 0.1) is 18.4 Å². The van der Waals surface area contributed by atoms with Crippen molar-refractivity contribution >= 4 is 16.9 Å². The summed E-state index contributed by atoms with van der Waals surface area (Å²) in [7, 11) is 0. The first kappa shape index (κ1) is 15.4. The molecule has 0 aliphatic rings. The van der Waals surface area contributed by atoms with Crippen LogP contribution in [0.2, 0.25) is 0 Å². The Morgan fingerprint density at radius 3 is 2.57 bits per heavy atom. The van der Waals surface area contributed by atoms with E-state index in [1.165, 1.54) is 6.20 Å². The van der Waals surface area contributed by atoms with E-state index in [4.69, 9.17) is 4.74 Å². The van der Waals surface area contributed by atoms with Crippen LogP contribution in [0, 0.1) is 0 Å². The number of carbonyl (C=O) groups is 1. The van der Waals surface area contributed by atoms with Gasteiger partial charge in [0.15, 0.2) is 0 Å². The fraction of sp³-hybridized carbons (Fsp3) is 0.400. The minimum Gasteiger partial charge on any atom is -0.463 e. The number of carbonyl (C=O) groups excluding carboxylic acids is 1. The maximum absolute atomic E-state index is 13.3. The SMILES string of the molecule is CC(C)OC(=O)CC(c1c[nH]c2ccccc12)C(F)(F)F. The second-order valence-electron chi connectivity index (χ2n) is 5.13. The van der Waals surface area contributed by atoms with E-state index in [0.29, 0.717) is 10.9 Å². The fourth-order valence-electron chi connectivity index (χ4n) is 2.26. The molecule has 1 heterocycles. The number of esters is 1. The van der Waals surface area contributed by atoms with Crippen molar-refractivity contribution in [3.63, 3.8) is 0 Å². The van der Waals surface area contributed by atoms with E-state index in [0.717, 1.165) is 0 Å². The van der Waals surface area contributed by atoms with Gasteiger partial charge in [-0.2, -0.15) is 13.2 Å². The van der Waals surface area contributed by atoms with E-state index in [-0.39, 0.29) is 5.56 Å². The molecule has 6 heteroatoms. The van der Waals surface area contributed by atoms with Gasteiger partial charge in [-0.15, -0.1) is 0 Å². The van der Waals surface area contributed by atoms with Crippen molar-refractivity contribution in [2.24, 2.45) is 0 Å². The molecule has 1 aromatic heterocycles. The van der Waals surface area contributed by atoms with Gasteiger partial charge in [-0.25, -0.2) is 0 Å². The average molecular weight is 299 g/mol. The van der Waals surface area contributed by atoms with E-state index in [9.17, 15) is 18.0 Å². The number of halogens is 3. The molecule has 0 radical (unpaired) electrons. The number of alkyl halides is 3. The van der Waals surface area contributed by atoms with Crippen LogP contribution in [0.15, 0.2) is 30.5 Å². The lowest BCUT2D eigenvalue weighted by Crippen LogP contribution is -2.25. The van der Waals surface area contributed by atoms with Crippen LogP contribution in [0.25, 0.3) is 10.9 Å². The lowest BCUT2D eigenvalue weighted by molar-refractivity contribution is -0.168. The number of fused-ring (bicyclic) bond motifs is 1. The van der Waals surface area contributed by atoms with Gasteiger partial charge in [-0.05, 0) is 25.5 Å². The monoisotopic (exact) mass is 299 g/mol. The highest BCUT2D eigenvalue weighted by molar-refractivity contribution is 5.84. The number of hydrogen-bond acceptors (Lipinski definition) is 2. The molecule has 1 N–H and O–H groups in total. The van der Waals surface area contributed by atoms with Crippen LogP contribution < -0.4 is 0 Å². The summed E-state index contributed by atoms with van der Waals surface area (Å²) in [5, 5.41) is 0.470. The van der Waals surface area contributed by atoms with Crippen molar-refractivity contribution in [1.29, 1.82) is 0 Å². The Morgan fingerprint density at radius 2 is 1.95 bits per heavy atom. The number of para-hydroxylation sites is 1. The molecule has 1 aromatic carbocycles. The summed E-state index contributed by atoms with van der Waals surface area (Å²) in [6.07, 6.45) is -4.36. The van der Waals surface area contributed by atoms with Crippen LogP contribution in [-0.4, -0.2) is 23.2 Å². The Balaban J connectivity index is 2.35. The second-order valence-corrected chi connectivity index (χ2v) is 5.13. The highest BCUT2D eigenvalue weighted by Gasteiger charge is 2.43. The lowest BCUT2D eigenvalue weighted by Gasteiger charge is -2.20. The van der Waals surface area contributed by atoms with Crippen molar-refractivity contribution in [1.82, 2.24) is 4.98 Å². The molecular weight excluding hydrogens is 283 g/mol. The standard InChI is InChI=1S/C15H16F3NO2/c1-9(2)21-14(20)7-12(15(16,17)18)11-8-19-13-6-4-3-5-10(11)13/h3-6,8-9,12,19H,7H2,1-2H3. The molecule has 0 aliphatic carbocycles. The molecular formula is C15H16F3NO2. The summed E-state index contributed by atoms with van der Waals surface area (Å²) in [5.74, 6) is -2.72. The Labute approximate surface area is 120 Å². The summed E-state index contributed by atoms with van der Waals surface area (Å²) >= 11 is 0. The minimum atomic E-state index is -4.51. The molecule has 0 spiro atoms.